The third-order valence-electron chi connectivity index (χ3n) is 2.93. The monoisotopic (exact) mass is 236 g/mol. The summed E-state index contributed by atoms with van der Waals surface area (Å²) in [5.74, 6) is -0.201. The molecule has 96 valence electrons. The molecule has 0 N–H and O–H groups in total. The molecule has 17 heavy (non-hydrogen) atoms. The number of hydrogen-bond donors (Lipinski definition) is 0. The summed E-state index contributed by atoms with van der Waals surface area (Å²) in [7, 11) is 0. The van der Waals surface area contributed by atoms with Gasteiger partial charge in [-0.05, 0) is 60.3 Å². The van der Waals surface area contributed by atoms with Crippen LogP contribution in [0.3, 0.4) is 0 Å². The number of esters is 1. The minimum absolute atomic E-state index is 0.201. The van der Waals surface area contributed by atoms with Crippen LogP contribution in [-0.2, 0) is 9.53 Å². The number of carbonyl (C=O) groups is 1. The maximum Gasteiger partial charge on any atom is 0.331 e. The van der Waals surface area contributed by atoms with Gasteiger partial charge in [-0.25, -0.2) is 4.79 Å². The molecule has 1 aliphatic carbocycles. The van der Waals surface area contributed by atoms with Gasteiger partial charge in [0.15, 0.2) is 0 Å². The van der Waals surface area contributed by atoms with Crippen LogP contribution in [0.1, 0.15) is 60.3 Å². The van der Waals surface area contributed by atoms with E-state index in [9.17, 15) is 4.79 Å². The van der Waals surface area contributed by atoms with Crippen LogP contribution in [0.2, 0.25) is 0 Å². The van der Waals surface area contributed by atoms with Crippen molar-refractivity contribution in [3.63, 3.8) is 0 Å². The molecule has 1 rings (SSSR count). The highest BCUT2D eigenvalue weighted by Gasteiger charge is 2.17. The van der Waals surface area contributed by atoms with Crippen molar-refractivity contribution in [1.29, 1.82) is 0 Å². The van der Waals surface area contributed by atoms with Crippen LogP contribution in [-0.4, -0.2) is 11.6 Å². The second-order valence-electron chi connectivity index (χ2n) is 5.94. The van der Waals surface area contributed by atoms with Gasteiger partial charge >= 0.3 is 5.97 Å². The minimum atomic E-state index is -0.395. The number of hydrogen-bond acceptors (Lipinski definition) is 2. The molecule has 0 heterocycles. The Hall–Kier alpha value is -1.05. The average molecular weight is 236 g/mol. The van der Waals surface area contributed by atoms with Gasteiger partial charge in [-0.3, -0.25) is 0 Å². The van der Waals surface area contributed by atoms with Gasteiger partial charge in [-0.15, -0.1) is 0 Å². The highest BCUT2D eigenvalue weighted by atomic mass is 16.6. The summed E-state index contributed by atoms with van der Waals surface area (Å²) in [6.45, 7) is 10.0. The maximum absolute atomic E-state index is 11.6. The van der Waals surface area contributed by atoms with Gasteiger partial charge in [-0.1, -0.05) is 16.7 Å². The van der Waals surface area contributed by atoms with Crippen LogP contribution in [0.4, 0.5) is 0 Å². The molecular formula is C15H24O2. The third kappa shape index (κ3) is 5.20. The van der Waals surface area contributed by atoms with Crippen molar-refractivity contribution in [1.82, 2.24) is 0 Å². The molecule has 1 aliphatic rings. The average Bonchev–Trinajstić information content (AvgIpc) is 2.15. The van der Waals surface area contributed by atoms with Crippen LogP contribution in [0, 0.1) is 0 Å². The molecule has 0 amide bonds. The summed E-state index contributed by atoms with van der Waals surface area (Å²) in [6.07, 6.45) is 5.88. The Morgan fingerprint density at radius 3 is 2.06 bits per heavy atom. The lowest BCUT2D eigenvalue weighted by molar-refractivity contribution is -0.148. The Balaban J connectivity index is 2.54. The Labute approximate surface area is 105 Å². The molecule has 2 nitrogen and oxygen atoms in total. The van der Waals surface area contributed by atoms with Crippen molar-refractivity contribution in [3.05, 3.63) is 22.8 Å². The fourth-order valence-corrected chi connectivity index (χ4v) is 2.02. The van der Waals surface area contributed by atoms with E-state index in [0.717, 1.165) is 25.7 Å². The molecule has 0 aromatic carbocycles. The van der Waals surface area contributed by atoms with E-state index < -0.39 is 5.60 Å². The summed E-state index contributed by atoms with van der Waals surface area (Å²) < 4.78 is 5.29. The van der Waals surface area contributed by atoms with Gasteiger partial charge < -0.3 is 4.74 Å². The number of carbonyl (C=O) groups excluding carboxylic acids is 1. The van der Waals surface area contributed by atoms with Gasteiger partial charge in [0.2, 0.25) is 0 Å². The lowest BCUT2D eigenvalue weighted by atomic mass is 9.88. The molecule has 0 aromatic rings. The van der Waals surface area contributed by atoms with Crippen molar-refractivity contribution in [2.45, 2.75) is 65.9 Å². The third-order valence-corrected chi connectivity index (χ3v) is 2.93. The van der Waals surface area contributed by atoms with Crippen LogP contribution in [0.5, 0.6) is 0 Å². The van der Waals surface area contributed by atoms with Crippen LogP contribution >= 0.6 is 0 Å². The van der Waals surface area contributed by atoms with Crippen LogP contribution < -0.4 is 0 Å². The number of rotatable bonds is 1. The second kappa shape index (κ2) is 5.52. The molecule has 0 bridgehead atoms. The number of allylic oxidation sites excluding steroid dienone is 3. The molecule has 0 unspecified atom stereocenters. The Morgan fingerprint density at radius 1 is 1.12 bits per heavy atom. The van der Waals surface area contributed by atoms with Gasteiger partial charge in [0.1, 0.15) is 5.60 Å². The fourth-order valence-electron chi connectivity index (χ4n) is 2.02. The molecule has 0 atom stereocenters. The zero-order chi connectivity index (χ0) is 13.1. The predicted octanol–water partition coefficient (Wildman–Crippen LogP) is 4.16. The Kier molecular flexibility index (Phi) is 4.55. The van der Waals surface area contributed by atoms with E-state index in [2.05, 4.69) is 13.8 Å². The molecule has 0 radical (unpaired) electrons. The van der Waals surface area contributed by atoms with Crippen molar-refractivity contribution >= 4 is 5.97 Å². The first kappa shape index (κ1) is 14.0. The maximum atomic E-state index is 11.6. The molecular weight excluding hydrogens is 212 g/mol. The fraction of sp³-hybridized carbons (Fsp3) is 0.667. The summed E-state index contributed by atoms with van der Waals surface area (Å²) in [5, 5.41) is 0. The van der Waals surface area contributed by atoms with Crippen molar-refractivity contribution in [2.24, 2.45) is 0 Å². The van der Waals surface area contributed by atoms with E-state index in [1.165, 1.54) is 11.1 Å². The summed E-state index contributed by atoms with van der Waals surface area (Å²) in [5.41, 5.74) is 3.81. The van der Waals surface area contributed by atoms with E-state index in [4.69, 9.17) is 4.74 Å². The molecule has 1 saturated carbocycles. The van der Waals surface area contributed by atoms with E-state index in [0.29, 0.717) is 0 Å². The van der Waals surface area contributed by atoms with Crippen molar-refractivity contribution in [2.75, 3.05) is 0 Å². The van der Waals surface area contributed by atoms with Gasteiger partial charge in [0, 0.05) is 6.08 Å². The highest BCUT2D eigenvalue weighted by molar-refractivity contribution is 5.83. The lowest BCUT2D eigenvalue weighted by Gasteiger charge is -2.21. The SMILES string of the molecule is CC(C)=C1CCC(=CC(=O)OC(C)(C)C)CC1. The van der Waals surface area contributed by atoms with Crippen LogP contribution in [0.25, 0.3) is 0 Å². The topological polar surface area (TPSA) is 26.3 Å². The highest BCUT2D eigenvalue weighted by Crippen LogP contribution is 2.29. The van der Waals surface area contributed by atoms with Gasteiger partial charge in [0.05, 0.1) is 0 Å². The molecule has 0 spiro atoms. The van der Waals surface area contributed by atoms with Crippen molar-refractivity contribution in [3.8, 4) is 0 Å². The summed E-state index contributed by atoms with van der Waals surface area (Å²) in [6, 6.07) is 0. The zero-order valence-corrected chi connectivity index (χ0v) is 11.7. The molecule has 0 aromatic heterocycles. The molecule has 2 heteroatoms. The van der Waals surface area contributed by atoms with Crippen LogP contribution in [0.15, 0.2) is 22.8 Å². The Morgan fingerprint density at radius 2 is 1.65 bits per heavy atom. The predicted molar refractivity (Wildman–Crippen MR) is 70.8 cm³/mol. The quantitative estimate of drug-likeness (QED) is 0.388. The molecule has 0 saturated heterocycles. The Bertz CT molecular complexity index is 338. The largest absolute Gasteiger partial charge is 0.457 e. The number of ether oxygens (including phenoxy) is 1. The normalized spacial score (nSPS) is 16.8. The smallest absolute Gasteiger partial charge is 0.331 e. The zero-order valence-electron chi connectivity index (χ0n) is 11.7. The van der Waals surface area contributed by atoms with E-state index in [1.807, 2.05) is 20.8 Å². The van der Waals surface area contributed by atoms with Crippen molar-refractivity contribution < 1.29 is 9.53 Å². The van der Waals surface area contributed by atoms with E-state index in [1.54, 1.807) is 11.6 Å². The summed E-state index contributed by atoms with van der Waals surface area (Å²) in [4.78, 5) is 11.6. The lowest BCUT2D eigenvalue weighted by Crippen LogP contribution is -2.23. The van der Waals surface area contributed by atoms with Gasteiger partial charge in [-0.2, -0.15) is 0 Å². The molecule has 0 aliphatic heterocycles. The first-order valence-electron chi connectivity index (χ1n) is 6.35. The first-order chi connectivity index (χ1) is 7.78. The molecule has 1 fully saturated rings. The first-order valence-corrected chi connectivity index (χ1v) is 6.35. The van der Waals surface area contributed by atoms with Gasteiger partial charge in [0.25, 0.3) is 0 Å². The standard InChI is InChI=1S/C15H24O2/c1-11(2)13-8-6-12(7-9-13)10-14(16)17-15(3,4)5/h10H,6-9H2,1-5H3. The minimum Gasteiger partial charge on any atom is -0.457 e. The second-order valence-corrected chi connectivity index (χ2v) is 5.94. The van der Waals surface area contributed by atoms with E-state index in [-0.39, 0.29) is 5.97 Å². The van der Waals surface area contributed by atoms with E-state index >= 15 is 0 Å². The summed E-state index contributed by atoms with van der Waals surface area (Å²) >= 11 is 0.